The third-order valence-electron chi connectivity index (χ3n) is 2.25. The summed E-state index contributed by atoms with van der Waals surface area (Å²) in [5.41, 5.74) is 2.13. The predicted molar refractivity (Wildman–Crippen MR) is 63.9 cm³/mol. The normalized spacial score (nSPS) is 20.2. The number of carbonyl (C=O) groups is 1. The Hall–Kier alpha value is -1.00. The molecule has 2 N–H and O–H groups in total. The van der Waals surface area contributed by atoms with E-state index in [4.69, 9.17) is 0 Å². The molecule has 0 radical (unpaired) electrons. The average Bonchev–Trinajstić information content (AvgIpc) is 2.71. The second-order valence-corrected chi connectivity index (χ2v) is 4.72. The van der Waals surface area contributed by atoms with Gasteiger partial charge in [-0.2, -0.15) is 0 Å². The molecule has 1 saturated heterocycles. The summed E-state index contributed by atoms with van der Waals surface area (Å²) in [7, 11) is 0. The molecule has 0 aliphatic carbocycles. The zero-order chi connectivity index (χ0) is 10.7. The number of benzene rings is 1. The molecule has 15 heavy (non-hydrogen) atoms. The second kappa shape index (κ2) is 4.68. The van der Waals surface area contributed by atoms with Crippen molar-refractivity contribution >= 4 is 23.4 Å². The molecule has 1 aliphatic rings. The van der Waals surface area contributed by atoms with E-state index in [1.807, 2.05) is 23.9 Å². The monoisotopic (exact) mass is 222 g/mol. The lowest BCUT2D eigenvalue weighted by Crippen LogP contribution is -2.12. The Labute approximate surface area is 93.6 Å². The van der Waals surface area contributed by atoms with Crippen molar-refractivity contribution in [1.82, 2.24) is 5.32 Å². The molecule has 1 heterocycles. The van der Waals surface area contributed by atoms with E-state index in [2.05, 4.69) is 22.8 Å². The Kier molecular flexibility index (Phi) is 3.28. The highest BCUT2D eigenvalue weighted by Gasteiger charge is 2.15. The van der Waals surface area contributed by atoms with Crippen LogP contribution in [0.25, 0.3) is 0 Å². The van der Waals surface area contributed by atoms with Crippen LogP contribution in [0.2, 0.25) is 0 Å². The molecule has 3 nitrogen and oxygen atoms in total. The van der Waals surface area contributed by atoms with Crippen LogP contribution in [0, 0.1) is 0 Å². The summed E-state index contributed by atoms with van der Waals surface area (Å²) in [6.07, 6.45) is 0. The Morgan fingerprint density at radius 1 is 1.47 bits per heavy atom. The van der Waals surface area contributed by atoms with E-state index in [1.165, 1.54) is 12.5 Å². The molecule has 80 valence electrons. The third kappa shape index (κ3) is 2.73. The number of rotatable bonds is 2. The van der Waals surface area contributed by atoms with E-state index in [0.717, 1.165) is 18.0 Å². The molecule has 1 unspecified atom stereocenters. The molecule has 1 amide bonds. The van der Waals surface area contributed by atoms with E-state index < -0.39 is 0 Å². The maximum absolute atomic E-state index is 10.8. The van der Waals surface area contributed by atoms with Gasteiger partial charge in [-0.05, 0) is 17.7 Å². The molecule has 0 spiro atoms. The van der Waals surface area contributed by atoms with Gasteiger partial charge in [0.15, 0.2) is 0 Å². The van der Waals surface area contributed by atoms with Gasteiger partial charge in [-0.25, -0.2) is 0 Å². The largest absolute Gasteiger partial charge is 0.326 e. The van der Waals surface area contributed by atoms with Crippen LogP contribution in [0.1, 0.15) is 17.9 Å². The maximum Gasteiger partial charge on any atom is 0.221 e. The molecule has 1 aromatic carbocycles. The fourth-order valence-electron chi connectivity index (χ4n) is 1.58. The molecular formula is C11H14N2OS. The van der Waals surface area contributed by atoms with E-state index >= 15 is 0 Å². The van der Waals surface area contributed by atoms with Crippen molar-refractivity contribution in [2.24, 2.45) is 0 Å². The Morgan fingerprint density at radius 2 is 2.20 bits per heavy atom. The number of hydrogen-bond donors (Lipinski definition) is 2. The fourth-order valence-corrected chi connectivity index (χ4v) is 2.64. The van der Waals surface area contributed by atoms with Gasteiger partial charge in [0.2, 0.25) is 5.91 Å². The first kappa shape index (κ1) is 10.5. The molecule has 1 aliphatic heterocycles. The molecule has 0 saturated carbocycles. The molecule has 2 rings (SSSR count). The van der Waals surface area contributed by atoms with Crippen LogP contribution in [0.15, 0.2) is 24.3 Å². The van der Waals surface area contributed by atoms with Crippen molar-refractivity contribution < 1.29 is 4.79 Å². The van der Waals surface area contributed by atoms with Gasteiger partial charge in [0.1, 0.15) is 0 Å². The Balaban J connectivity index is 2.06. The summed E-state index contributed by atoms with van der Waals surface area (Å²) < 4.78 is 0. The molecule has 1 fully saturated rings. The van der Waals surface area contributed by atoms with Gasteiger partial charge in [-0.15, -0.1) is 11.8 Å². The lowest BCUT2D eigenvalue weighted by molar-refractivity contribution is -0.114. The third-order valence-corrected chi connectivity index (χ3v) is 3.46. The van der Waals surface area contributed by atoms with Crippen molar-refractivity contribution in [2.75, 3.05) is 17.6 Å². The zero-order valence-corrected chi connectivity index (χ0v) is 9.43. The van der Waals surface area contributed by atoms with Crippen LogP contribution >= 0.6 is 11.8 Å². The first-order valence-corrected chi connectivity index (χ1v) is 6.03. The molecule has 1 atom stereocenters. The van der Waals surface area contributed by atoms with Gasteiger partial charge >= 0.3 is 0 Å². The first-order chi connectivity index (χ1) is 7.25. The highest BCUT2D eigenvalue weighted by atomic mass is 32.2. The Morgan fingerprint density at radius 3 is 2.73 bits per heavy atom. The number of hydrogen-bond acceptors (Lipinski definition) is 3. The van der Waals surface area contributed by atoms with E-state index in [1.54, 1.807) is 0 Å². The number of nitrogens with one attached hydrogen (secondary N) is 2. The minimum Gasteiger partial charge on any atom is -0.326 e. The van der Waals surface area contributed by atoms with E-state index in [9.17, 15) is 4.79 Å². The number of anilines is 1. The lowest BCUT2D eigenvalue weighted by atomic mass is 10.2. The molecular weight excluding hydrogens is 208 g/mol. The van der Waals surface area contributed by atoms with Crippen LogP contribution < -0.4 is 10.6 Å². The first-order valence-electron chi connectivity index (χ1n) is 4.98. The zero-order valence-electron chi connectivity index (χ0n) is 8.62. The topological polar surface area (TPSA) is 41.1 Å². The van der Waals surface area contributed by atoms with Crippen LogP contribution in [-0.4, -0.2) is 18.2 Å². The number of carbonyl (C=O) groups excluding carboxylic acids is 1. The minimum absolute atomic E-state index is 0.0314. The summed E-state index contributed by atoms with van der Waals surface area (Å²) >= 11 is 1.92. The molecule has 0 aromatic heterocycles. The summed E-state index contributed by atoms with van der Waals surface area (Å²) in [5, 5.41) is 6.58. The van der Waals surface area contributed by atoms with Crippen LogP contribution in [-0.2, 0) is 4.79 Å². The fraction of sp³-hybridized carbons (Fsp3) is 0.364. The van der Waals surface area contributed by atoms with Gasteiger partial charge in [0.05, 0.1) is 5.37 Å². The maximum atomic E-state index is 10.8. The van der Waals surface area contributed by atoms with Crippen molar-refractivity contribution in [3.8, 4) is 0 Å². The molecule has 0 bridgehead atoms. The minimum atomic E-state index is -0.0314. The summed E-state index contributed by atoms with van der Waals surface area (Å²) in [5.74, 6) is 1.13. The highest BCUT2D eigenvalue weighted by molar-refractivity contribution is 7.99. The number of amides is 1. The van der Waals surface area contributed by atoms with Gasteiger partial charge in [-0.1, -0.05) is 12.1 Å². The van der Waals surface area contributed by atoms with Gasteiger partial charge in [0.25, 0.3) is 0 Å². The lowest BCUT2D eigenvalue weighted by Gasteiger charge is -2.10. The molecule has 1 aromatic rings. The standard InChI is InChI=1S/C11H14N2OS/c1-8(14)13-10-4-2-9(3-5-10)11-12-6-7-15-11/h2-5,11-12H,6-7H2,1H3,(H,13,14). The predicted octanol–water partition coefficient (Wildman–Crippen LogP) is 1.98. The van der Waals surface area contributed by atoms with Crippen molar-refractivity contribution in [1.29, 1.82) is 0 Å². The quantitative estimate of drug-likeness (QED) is 0.804. The van der Waals surface area contributed by atoms with Crippen molar-refractivity contribution in [3.63, 3.8) is 0 Å². The van der Waals surface area contributed by atoms with Gasteiger partial charge in [-0.3, -0.25) is 4.79 Å². The Bertz CT molecular complexity index is 344. The van der Waals surface area contributed by atoms with Gasteiger partial charge in [0, 0.05) is 24.9 Å². The van der Waals surface area contributed by atoms with Gasteiger partial charge < -0.3 is 10.6 Å². The number of thioether (sulfide) groups is 1. The highest BCUT2D eigenvalue weighted by Crippen LogP contribution is 2.30. The summed E-state index contributed by atoms with van der Waals surface area (Å²) in [4.78, 5) is 10.8. The second-order valence-electron chi connectivity index (χ2n) is 3.51. The SMILES string of the molecule is CC(=O)Nc1ccc(C2NCCS2)cc1. The van der Waals surface area contributed by atoms with E-state index in [-0.39, 0.29) is 5.91 Å². The van der Waals surface area contributed by atoms with Crippen LogP contribution in [0.3, 0.4) is 0 Å². The molecule has 4 heteroatoms. The summed E-state index contributed by atoms with van der Waals surface area (Å²) in [6, 6.07) is 8.00. The summed E-state index contributed by atoms with van der Waals surface area (Å²) in [6.45, 7) is 2.59. The average molecular weight is 222 g/mol. The van der Waals surface area contributed by atoms with E-state index in [0.29, 0.717) is 5.37 Å². The van der Waals surface area contributed by atoms with Crippen molar-refractivity contribution in [2.45, 2.75) is 12.3 Å². The van der Waals surface area contributed by atoms with Crippen molar-refractivity contribution in [3.05, 3.63) is 29.8 Å². The van der Waals surface area contributed by atoms with Crippen LogP contribution in [0.4, 0.5) is 5.69 Å². The smallest absolute Gasteiger partial charge is 0.221 e. The van der Waals surface area contributed by atoms with Crippen LogP contribution in [0.5, 0.6) is 0 Å².